The molecule has 98 valence electrons. The van der Waals surface area contributed by atoms with Crippen molar-refractivity contribution in [3.8, 4) is 6.07 Å². The Bertz CT molecular complexity index is 440. The lowest BCUT2D eigenvalue weighted by molar-refractivity contribution is 0.199. The molecule has 0 spiro atoms. The van der Waals surface area contributed by atoms with Crippen LogP contribution in [0.25, 0.3) is 0 Å². The third kappa shape index (κ3) is 3.44. The van der Waals surface area contributed by atoms with Crippen LogP contribution < -0.4 is 4.90 Å². The maximum absolute atomic E-state index is 14.0. The van der Waals surface area contributed by atoms with E-state index in [-0.39, 0.29) is 11.7 Å². The van der Waals surface area contributed by atoms with Crippen LogP contribution in [-0.2, 0) is 0 Å². The molecule has 0 aliphatic rings. The van der Waals surface area contributed by atoms with Crippen LogP contribution in [0.3, 0.4) is 0 Å². The molecule has 0 fully saturated rings. The summed E-state index contributed by atoms with van der Waals surface area (Å²) in [4.78, 5) is 1.83. The van der Waals surface area contributed by atoms with Gasteiger partial charge >= 0.3 is 0 Å². The molecule has 1 aromatic carbocycles. The monoisotopic (exact) mass is 250 g/mol. The van der Waals surface area contributed by atoms with Gasteiger partial charge < -0.3 is 10.0 Å². The van der Waals surface area contributed by atoms with Crippen LogP contribution in [0.15, 0.2) is 18.2 Å². The number of nitrogens with zero attached hydrogens (tertiary/aromatic N) is 2. The summed E-state index contributed by atoms with van der Waals surface area (Å²) in [7, 11) is 0. The minimum absolute atomic E-state index is 0.152. The Morgan fingerprint density at radius 1 is 1.44 bits per heavy atom. The zero-order chi connectivity index (χ0) is 13.7. The molecule has 0 aromatic heterocycles. The number of halogens is 1. The van der Waals surface area contributed by atoms with Crippen LogP contribution >= 0.6 is 0 Å². The first-order valence-corrected chi connectivity index (χ1v) is 6.11. The van der Waals surface area contributed by atoms with Crippen molar-refractivity contribution in [2.45, 2.75) is 26.9 Å². The molecule has 18 heavy (non-hydrogen) atoms. The van der Waals surface area contributed by atoms with E-state index in [4.69, 9.17) is 5.26 Å². The van der Waals surface area contributed by atoms with Crippen LogP contribution in [0, 0.1) is 23.1 Å². The summed E-state index contributed by atoms with van der Waals surface area (Å²) >= 11 is 0. The van der Waals surface area contributed by atoms with Crippen molar-refractivity contribution in [3.63, 3.8) is 0 Å². The number of aliphatic hydroxyl groups is 1. The Kier molecular flexibility index (Phi) is 5.11. The van der Waals surface area contributed by atoms with E-state index < -0.39 is 6.10 Å². The van der Waals surface area contributed by atoms with Crippen LogP contribution in [-0.4, -0.2) is 18.2 Å². The molecule has 1 aromatic rings. The molecule has 0 aliphatic heterocycles. The van der Waals surface area contributed by atoms with Crippen molar-refractivity contribution in [2.75, 3.05) is 18.0 Å². The molecule has 1 N–H and O–H groups in total. The van der Waals surface area contributed by atoms with Gasteiger partial charge in [-0.25, -0.2) is 4.39 Å². The Hall–Kier alpha value is -1.60. The van der Waals surface area contributed by atoms with Crippen molar-refractivity contribution < 1.29 is 9.50 Å². The molecule has 4 heteroatoms. The van der Waals surface area contributed by atoms with Gasteiger partial charge in [-0.2, -0.15) is 5.26 Å². The van der Waals surface area contributed by atoms with Gasteiger partial charge in [-0.3, -0.25) is 0 Å². The summed E-state index contributed by atoms with van der Waals surface area (Å²) in [5.41, 5.74) is 1.03. The van der Waals surface area contributed by atoms with Crippen LogP contribution in [0.4, 0.5) is 10.1 Å². The van der Waals surface area contributed by atoms with Gasteiger partial charge in [0.05, 0.1) is 23.8 Å². The van der Waals surface area contributed by atoms with Gasteiger partial charge in [-0.1, -0.05) is 6.07 Å². The Labute approximate surface area is 107 Å². The molecule has 0 heterocycles. The average Bonchev–Trinajstić information content (AvgIpc) is 2.35. The van der Waals surface area contributed by atoms with Gasteiger partial charge in [0, 0.05) is 13.1 Å². The van der Waals surface area contributed by atoms with Crippen LogP contribution in [0.2, 0.25) is 0 Å². The van der Waals surface area contributed by atoms with Crippen LogP contribution in [0.1, 0.15) is 32.4 Å². The number of hydrogen-bond acceptors (Lipinski definition) is 3. The third-order valence-electron chi connectivity index (χ3n) is 2.89. The van der Waals surface area contributed by atoms with Gasteiger partial charge in [-0.05, 0) is 38.5 Å². The molecule has 0 amide bonds. The lowest BCUT2D eigenvalue weighted by Crippen LogP contribution is -2.28. The lowest BCUT2D eigenvalue weighted by Gasteiger charge is -2.25. The van der Waals surface area contributed by atoms with E-state index in [1.54, 1.807) is 19.1 Å². The van der Waals surface area contributed by atoms with E-state index in [1.807, 2.05) is 18.7 Å². The van der Waals surface area contributed by atoms with E-state index in [9.17, 15) is 9.50 Å². The summed E-state index contributed by atoms with van der Waals surface area (Å²) in [6, 6.07) is 6.86. The Morgan fingerprint density at radius 2 is 2.11 bits per heavy atom. The number of benzene rings is 1. The van der Waals surface area contributed by atoms with Gasteiger partial charge in [0.2, 0.25) is 0 Å². The molecule has 0 bridgehead atoms. The Morgan fingerprint density at radius 3 is 2.56 bits per heavy atom. The van der Waals surface area contributed by atoms with Gasteiger partial charge in [0.15, 0.2) is 0 Å². The standard InChI is InChI=1S/C14H19FN2O/c1-4-17(9-10(2)8-16)14-6-5-12(11(3)18)7-13(14)15/h5-7,10-11,18H,4,9H2,1-3H3/t10?,11-/m0/s1. The molecule has 3 nitrogen and oxygen atoms in total. The maximum Gasteiger partial charge on any atom is 0.146 e. The molecule has 1 rings (SSSR count). The summed E-state index contributed by atoms with van der Waals surface area (Å²) < 4.78 is 14.0. The number of hydrogen-bond donors (Lipinski definition) is 1. The normalized spacial score (nSPS) is 13.8. The summed E-state index contributed by atoms with van der Waals surface area (Å²) in [5.74, 6) is -0.513. The van der Waals surface area contributed by atoms with E-state index in [0.717, 1.165) is 0 Å². The third-order valence-corrected chi connectivity index (χ3v) is 2.89. The Balaban J connectivity index is 2.97. The molecule has 1 unspecified atom stereocenters. The maximum atomic E-state index is 14.0. The highest BCUT2D eigenvalue weighted by molar-refractivity contribution is 5.49. The molecule has 0 radical (unpaired) electrons. The number of nitriles is 1. The van der Waals surface area contributed by atoms with E-state index in [1.165, 1.54) is 6.07 Å². The fourth-order valence-corrected chi connectivity index (χ4v) is 1.81. The molecule has 0 aliphatic carbocycles. The van der Waals surface area contributed by atoms with Crippen molar-refractivity contribution in [1.82, 2.24) is 0 Å². The van der Waals surface area contributed by atoms with Crippen molar-refractivity contribution in [3.05, 3.63) is 29.6 Å². The number of anilines is 1. The van der Waals surface area contributed by atoms with Gasteiger partial charge in [0.1, 0.15) is 5.82 Å². The second-order valence-corrected chi connectivity index (χ2v) is 4.46. The predicted molar refractivity (Wildman–Crippen MR) is 69.7 cm³/mol. The van der Waals surface area contributed by atoms with E-state index >= 15 is 0 Å². The smallest absolute Gasteiger partial charge is 0.146 e. The fourth-order valence-electron chi connectivity index (χ4n) is 1.81. The SMILES string of the molecule is CCN(CC(C)C#N)c1ccc([C@H](C)O)cc1F. The second-order valence-electron chi connectivity index (χ2n) is 4.46. The highest BCUT2D eigenvalue weighted by Crippen LogP contribution is 2.24. The highest BCUT2D eigenvalue weighted by atomic mass is 19.1. The van der Waals surface area contributed by atoms with Crippen LogP contribution in [0.5, 0.6) is 0 Å². The first kappa shape index (κ1) is 14.5. The predicted octanol–water partition coefficient (Wildman–Crippen LogP) is 2.86. The molecular formula is C14H19FN2O. The average molecular weight is 250 g/mol. The minimum atomic E-state index is -0.679. The van der Waals surface area contributed by atoms with E-state index in [0.29, 0.717) is 24.3 Å². The molecule has 2 atom stereocenters. The number of aliphatic hydroxyl groups excluding tert-OH is 1. The largest absolute Gasteiger partial charge is 0.389 e. The highest BCUT2D eigenvalue weighted by Gasteiger charge is 2.14. The molecule has 0 saturated heterocycles. The first-order valence-electron chi connectivity index (χ1n) is 6.11. The number of rotatable bonds is 5. The van der Waals surface area contributed by atoms with Crippen molar-refractivity contribution in [1.29, 1.82) is 5.26 Å². The van der Waals surface area contributed by atoms with E-state index in [2.05, 4.69) is 6.07 Å². The molecular weight excluding hydrogens is 231 g/mol. The van der Waals surface area contributed by atoms with Crippen molar-refractivity contribution in [2.24, 2.45) is 5.92 Å². The summed E-state index contributed by atoms with van der Waals surface area (Å²) in [5, 5.41) is 18.2. The summed E-state index contributed by atoms with van der Waals surface area (Å²) in [6.07, 6.45) is -0.679. The van der Waals surface area contributed by atoms with Gasteiger partial charge in [-0.15, -0.1) is 0 Å². The zero-order valence-corrected chi connectivity index (χ0v) is 11.0. The first-order chi connectivity index (χ1) is 8.49. The second kappa shape index (κ2) is 6.36. The van der Waals surface area contributed by atoms with Gasteiger partial charge in [0.25, 0.3) is 0 Å². The van der Waals surface area contributed by atoms with Crippen molar-refractivity contribution >= 4 is 5.69 Å². The minimum Gasteiger partial charge on any atom is -0.389 e. The summed E-state index contributed by atoms with van der Waals surface area (Å²) in [6.45, 7) is 6.47. The topological polar surface area (TPSA) is 47.3 Å². The lowest BCUT2D eigenvalue weighted by atomic mass is 10.1. The zero-order valence-electron chi connectivity index (χ0n) is 11.0. The fraction of sp³-hybridized carbons (Fsp3) is 0.500. The molecule has 0 saturated carbocycles. The quantitative estimate of drug-likeness (QED) is 0.874.